The zero-order valence-corrected chi connectivity index (χ0v) is 13.2. The number of halogens is 1. The van der Waals surface area contributed by atoms with E-state index in [1.165, 1.54) is 0 Å². The Morgan fingerprint density at radius 1 is 1.48 bits per heavy atom. The number of ether oxygens (including phenoxy) is 1. The van der Waals surface area contributed by atoms with Gasteiger partial charge in [-0.15, -0.1) is 0 Å². The fourth-order valence-electron chi connectivity index (χ4n) is 2.47. The maximum Gasteiger partial charge on any atom is 0.303 e. The average Bonchev–Trinajstić information content (AvgIpc) is 2.94. The summed E-state index contributed by atoms with van der Waals surface area (Å²) in [6.07, 6.45) is 0.530. The van der Waals surface area contributed by atoms with E-state index in [1.807, 2.05) is 34.2 Å². The lowest BCUT2D eigenvalue weighted by atomic mass is 10.2. The van der Waals surface area contributed by atoms with Gasteiger partial charge in [-0.05, 0) is 28.1 Å². The predicted octanol–water partition coefficient (Wildman–Crippen LogP) is 2.61. The van der Waals surface area contributed by atoms with Gasteiger partial charge < -0.3 is 14.4 Å². The van der Waals surface area contributed by atoms with E-state index in [9.17, 15) is 4.79 Å². The van der Waals surface area contributed by atoms with E-state index in [1.54, 1.807) is 7.11 Å². The number of rotatable bonds is 4. The van der Waals surface area contributed by atoms with Crippen LogP contribution in [-0.2, 0) is 18.3 Å². The number of fused-ring (bicyclic) bond motifs is 3. The monoisotopic (exact) mass is 351 g/mol. The van der Waals surface area contributed by atoms with Crippen LogP contribution in [0.5, 0.6) is 5.75 Å². The highest BCUT2D eigenvalue weighted by Gasteiger charge is 2.18. The Kier molecular flexibility index (Phi) is 3.36. The Balaban J connectivity index is 2.22. The number of carboxylic acids is 1. The zero-order chi connectivity index (χ0) is 15.1. The molecule has 7 heteroatoms. The molecule has 0 aliphatic heterocycles. The van der Waals surface area contributed by atoms with Gasteiger partial charge in [-0.25, -0.2) is 4.98 Å². The fraction of sp³-hybridized carbons (Fsp3) is 0.286. The summed E-state index contributed by atoms with van der Waals surface area (Å²) in [5.41, 5.74) is 2.70. The van der Waals surface area contributed by atoms with E-state index < -0.39 is 5.97 Å². The van der Waals surface area contributed by atoms with E-state index >= 15 is 0 Å². The minimum atomic E-state index is -0.813. The quantitative estimate of drug-likeness (QED) is 0.784. The molecule has 0 saturated heterocycles. The fourth-order valence-corrected chi connectivity index (χ4v) is 3.29. The summed E-state index contributed by atoms with van der Waals surface area (Å²) in [5, 5.41) is 8.86. The van der Waals surface area contributed by atoms with E-state index in [0.717, 1.165) is 32.9 Å². The van der Waals surface area contributed by atoms with Crippen LogP contribution < -0.4 is 4.74 Å². The molecule has 6 nitrogen and oxygen atoms in total. The molecule has 0 saturated carbocycles. The summed E-state index contributed by atoms with van der Waals surface area (Å²) in [7, 11) is 3.51. The van der Waals surface area contributed by atoms with Gasteiger partial charge in [0.2, 0.25) is 5.78 Å². The van der Waals surface area contributed by atoms with Crippen LogP contribution in [0.2, 0.25) is 0 Å². The Bertz CT molecular complexity index is 850. The summed E-state index contributed by atoms with van der Waals surface area (Å²) in [5.74, 6) is 0.713. The van der Waals surface area contributed by atoms with Crippen LogP contribution in [0.25, 0.3) is 16.8 Å². The van der Waals surface area contributed by atoms with Crippen molar-refractivity contribution in [1.82, 2.24) is 14.0 Å². The maximum atomic E-state index is 10.8. The molecule has 3 aromatic rings. The number of hydrogen-bond donors (Lipinski definition) is 1. The maximum absolute atomic E-state index is 10.8. The predicted molar refractivity (Wildman–Crippen MR) is 81.9 cm³/mol. The smallest absolute Gasteiger partial charge is 0.303 e. The minimum absolute atomic E-state index is 0.0842. The van der Waals surface area contributed by atoms with Crippen molar-refractivity contribution in [3.63, 3.8) is 0 Å². The minimum Gasteiger partial charge on any atom is -0.497 e. The van der Waals surface area contributed by atoms with Crippen LogP contribution in [0, 0.1) is 0 Å². The second-order valence-electron chi connectivity index (χ2n) is 4.79. The highest BCUT2D eigenvalue weighted by Crippen LogP contribution is 2.29. The molecule has 2 heterocycles. The van der Waals surface area contributed by atoms with E-state index in [4.69, 9.17) is 9.84 Å². The van der Waals surface area contributed by atoms with Crippen molar-refractivity contribution in [2.24, 2.45) is 7.05 Å². The van der Waals surface area contributed by atoms with Gasteiger partial charge in [0.15, 0.2) is 0 Å². The molecular weight excluding hydrogens is 338 g/mol. The molecule has 0 radical (unpaired) electrons. The molecule has 0 aliphatic carbocycles. The lowest BCUT2D eigenvalue weighted by Gasteiger charge is -2.02. The molecule has 1 aromatic carbocycles. The van der Waals surface area contributed by atoms with Crippen molar-refractivity contribution in [2.75, 3.05) is 7.11 Å². The number of methoxy groups -OCH3 is 1. The zero-order valence-electron chi connectivity index (χ0n) is 11.6. The Hall–Kier alpha value is -2.02. The van der Waals surface area contributed by atoms with Gasteiger partial charge in [0.1, 0.15) is 10.4 Å². The van der Waals surface area contributed by atoms with Gasteiger partial charge in [0.05, 0.1) is 30.3 Å². The van der Waals surface area contributed by atoms with Crippen LogP contribution in [0.4, 0.5) is 0 Å². The van der Waals surface area contributed by atoms with E-state index in [0.29, 0.717) is 6.42 Å². The molecule has 0 spiro atoms. The lowest BCUT2D eigenvalue weighted by Crippen LogP contribution is -2.02. The number of hydrogen-bond acceptors (Lipinski definition) is 3. The third-order valence-corrected chi connectivity index (χ3v) is 4.37. The van der Waals surface area contributed by atoms with Crippen LogP contribution in [0.1, 0.15) is 12.1 Å². The molecule has 2 aromatic heterocycles. The number of aryl methyl sites for hydroxylation is 1. The Morgan fingerprint density at radius 2 is 2.24 bits per heavy atom. The summed E-state index contributed by atoms with van der Waals surface area (Å²) in [6.45, 7) is 0. The SMILES string of the molecule is COc1ccc2nc3n(C)c(CCC(=O)O)c(Br)n3c2c1. The standard InChI is InChI=1S/C14H14BrN3O3/c1-17-10(5-6-12(19)20)13(15)18-11-7-8(21-2)3-4-9(11)16-14(17)18/h3-4,7H,5-6H2,1-2H3,(H,19,20). The first kappa shape index (κ1) is 13.9. The number of carboxylic acid groups (broad SMARTS) is 1. The van der Waals surface area contributed by atoms with E-state index in [-0.39, 0.29) is 6.42 Å². The number of imidazole rings is 2. The Labute approximate surface area is 129 Å². The summed E-state index contributed by atoms with van der Waals surface area (Å²) >= 11 is 3.57. The summed E-state index contributed by atoms with van der Waals surface area (Å²) in [4.78, 5) is 15.4. The first-order valence-electron chi connectivity index (χ1n) is 6.44. The number of benzene rings is 1. The van der Waals surface area contributed by atoms with Gasteiger partial charge in [-0.2, -0.15) is 0 Å². The molecule has 21 heavy (non-hydrogen) atoms. The molecule has 110 valence electrons. The van der Waals surface area contributed by atoms with Crippen LogP contribution in [0.15, 0.2) is 22.8 Å². The van der Waals surface area contributed by atoms with Crippen molar-refractivity contribution in [3.05, 3.63) is 28.5 Å². The van der Waals surface area contributed by atoms with Gasteiger partial charge in [-0.3, -0.25) is 9.20 Å². The van der Waals surface area contributed by atoms with E-state index in [2.05, 4.69) is 20.9 Å². The second-order valence-corrected chi connectivity index (χ2v) is 5.54. The van der Waals surface area contributed by atoms with Crippen LogP contribution >= 0.6 is 15.9 Å². The largest absolute Gasteiger partial charge is 0.497 e. The number of aliphatic carboxylic acids is 1. The molecule has 3 rings (SSSR count). The van der Waals surface area contributed by atoms with Crippen molar-refractivity contribution in [3.8, 4) is 5.75 Å². The van der Waals surface area contributed by atoms with Crippen molar-refractivity contribution in [1.29, 1.82) is 0 Å². The molecule has 1 N–H and O–H groups in total. The first-order chi connectivity index (χ1) is 10.0. The summed E-state index contributed by atoms with van der Waals surface area (Å²) < 4.78 is 9.97. The van der Waals surface area contributed by atoms with Crippen LogP contribution in [-0.4, -0.2) is 32.1 Å². The molecule has 0 amide bonds. The number of nitrogens with zero attached hydrogens (tertiary/aromatic N) is 3. The molecular formula is C14H14BrN3O3. The second kappa shape index (κ2) is 5.07. The van der Waals surface area contributed by atoms with Gasteiger partial charge >= 0.3 is 5.97 Å². The molecule has 0 aliphatic rings. The summed E-state index contributed by atoms with van der Waals surface area (Å²) in [6, 6.07) is 5.69. The lowest BCUT2D eigenvalue weighted by molar-refractivity contribution is -0.136. The van der Waals surface area contributed by atoms with Gasteiger partial charge in [-0.1, -0.05) is 0 Å². The molecule has 0 fully saturated rings. The molecule has 0 unspecified atom stereocenters. The van der Waals surface area contributed by atoms with Gasteiger partial charge in [0, 0.05) is 19.5 Å². The number of aromatic nitrogens is 3. The van der Waals surface area contributed by atoms with Crippen molar-refractivity contribution < 1.29 is 14.6 Å². The normalized spacial score (nSPS) is 11.4. The molecule has 0 bridgehead atoms. The Morgan fingerprint density at radius 3 is 2.90 bits per heavy atom. The van der Waals surface area contributed by atoms with Gasteiger partial charge in [0.25, 0.3) is 0 Å². The average molecular weight is 352 g/mol. The highest BCUT2D eigenvalue weighted by molar-refractivity contribution is 9.10. The van der Waals surface area contributed by atoms with Crippen molar-refractivity contribution in [2.45, 2.75) is 12.8 Å². The highest BCUT2D eigenvalue weighted by atomic mass is 79.9. The topological polar surface area (TPSA) is 68.8 Å². The third kappa shape index (κ3) is 2.17. The number of carbonyl (C=O) groups is 1. The first-order valence-corrected chi connectivity index (χ1v) is 7.23. The van der Waals surface area contributed by atoms with Crippen molar-refractivity contribution >= 4 is 38.7 Å². The third-order valence-electron chi connectivity index (χ3n) is 3.56. The van der Waals surface area contributed by atoms with Crippen LogP contribution in [0.3, 0.4) is 0 Å². The molecule has 0 atom stereocenters.